The summed E-state index contributed by atoms with van der Waals surface area (Å²) in [7, 11) is 0. The molecule has 0 saturated heterocycles. The summed E-state index contributed by atoms with van der Waals surface area (Å²) in [5, 5.41) is 25.7. The molecule has 0 radical (unpaired) electrons. The predicted molar refractivity (Wildman–Crippen MR) is 107 cm³/mol. The number of carboxylic acids is 1. The number of rotatable bonds is 14. The molecule has 0 aromatic rings. The fourth-order valence-corrected chi connectivity index (χ4v) is 2.56. The maximum absolute atomic E-state index is 12.4. The van der Waals surface area contributed by atoms with E-state index in [1.165, 1.54) is 6.92 Å². The Hall–Kier alpha value is -2.24. The molecule has 9 N–H and O–H groups in total. The number of hydrogen-bond acceptors (Lipinski definition) is 7. The highest BCUT2D eigenvalue weighted by atomic mass is 16.4. The summed E-state index contributed by atoms with van der Waals surface area (Å²) in [6.07, 6.45) is 0.500. The van der Waals surface area contributed by atoms with Gasteiger partial charge in [0.2, 0.25) is 17.7 Å². The van der Waals surface area contributed by atoms with Crippen molar-refractivity contribution in [1.82, 2.24) is 16.0 Å². The fourth-order valence-electron chi connectivity index (χ4n) is 2.56. The summed E-state index contributed by atoms with van der Waals surface area (Å²) in [6, 6.07) is -3.28. The first-order valence-corrected chi connectivity index (χ1v) is 9.73. The first-order chi connectivity index (χ1) is 13.5. The zero-order chi connectivity index (χ0) is 22.6. The molecule has 0 saturated carbocycles. The van der Waals surface area contributed by atoms with Crippen LogP contribution in [-0.2, 0) is 19.2 Å². The number of nitrogens with one attached hydrogen (secondary N) is 3. The van der Waals surface area contributed by atoms with E-state index in [0.29, 0.717) is 25.8 Å². The van der Waals surface area contributed by atoms with Gasteiger partial charge in [0.1, 0.15) is 6.04 Å². The maximum Gasteiger partial charge on any atom is 0.328 e. The molecule has 4 unspecified atom stereocenters. The largest absolute Gasteiger partial charge is 0.480 e. The van der Waals surface area contributed by atoms with Gasteiger partial charge in [-0.1, -0.05) is 13.8 Å². The monoisotopic (exact) mass is 417 g/mol. The molecule has 0 aliphatic rings. The lowest BCUT2D eigenvalue weighted by atomic mass is 10.0. The summed E-state index contributed by atoms with van der Waals surface area (Å²) < 4.78 is 0. The Bertz CT molecular complexity index is 555. The van der Waals surface area contributed by atoms with E-state index in [1.807, 2.05) is 13.8 Å². The molecule has 0 heterocycles. The minimum atomic E-state index is -1.51. The van der Waals surface area contributed by atoms with Crippen LogP contribution in [0.1, 0.15) is 46.5 Å². The third-order valence-corrected chi connectivity index (χ3v) is 4.13. The number of unbranched alkanes of at least 4 members (excludes halogenated alkanes) is 1. The van der Waals surface area contributed by atoms with Gasteiger partial charge in [0.25, 0.3) is 0 Å². The summed E-state index contributed by atoms with van der Waals surface area (Å²) in [5.74, 6) is -3.01. The van der Waals surface area contributed by atoms with Crippen molar-refractivity contribution in [3.63, 3.8) is 0 Å². The van der Waals surface area contributed by atoms with E-state index in [2.05, 4.69) is 16.0 Å². The first-order valence-electron chi connectivity index (χ1n) is 9.73. The molecule has 0 aromatic heterocycles. The van der Waals surface area contributed by atoms with E-state index in [1.54, 1.807) is 0 Å². The molecular formula is C18H35N5O6. The van der Waals surface area contributed by atoms with Gasteiger partial charge in [-0.05, 0) is 45.1 Å². The Labute approximate surface area is 171 Å². The van der Waals surface area contributed by atoms with Gasteiger partial charge in [0.05, 0.1) is 18.7 Å². The Balaban J connectivity index is 4.86. The van der Waals surface area contributed by atoms with Crippen LogP contribution in [0.15, 0.2) is 0 Å². The van der Waals surface area contributed by atoms with E-state index >= 15 is 0 Å². The Morgan fingerprint density at radius 3 is 2.10 bits per heavy atom. The van der Waals surface area contributed by atoms with Gasteiger partial charge in [-0.25, -0.2) is 4.79 Å². The maximum atomic E-state index is 12.4. The van der Waals surface area contributed by atoms with Crippen molar-refractivity contribution in [2.75, 3.05) is 13.1 Å². The first kappa shape index (κ1) is 26.8. The number of aliphatic hydroxyl groups is 1. The Morgan fingerprint density at radius 1 is 1.00 bits per heavy atom. The number of aliphatic hydroxyl groups excluding tert-OH is 1. The molecular weight excluding hydrogens is 382 g/mol. The van der Waals surface area contributed by atoms with Crippen molar-refractivity contribution in [3.05, 3.63) is 0 Å². The molecule has 0 bridgehead atoms. The number of carboxylic acid groups (broad SMARTS) is 1. The van der Waals surface area contributed by atoms with Gasteiger partial charge >= 0.3 is 5.97 Å². The van der Waals surface area contributed by atoms with Crippen molar-refractivity contribution in [1.29, 1.82) is 0 Å². The van der Waals surface area contributed by atoms with Crippen LogP contribution in [0.4, 0.5) is 0 Å². The van der Waals surface area contributed by atoms with Crippen molar-refractivity contribution in [2.24, 2.45) is 17.4 Å². The highest BCUT2D eigenvalue weighted by molar-refractivity contribution is 5.92. The zero-order valence-electron chi connectivity index (χ0n) is 17.3. The second kappa shape index (κ2) is 13.9. The van der Waals surface area contributed by atoms with Crippen molar-refractivity contribution >= 4 is 23.7 Å². The summed E-state index contributed by atoms with van der Waals surface area (Å²) in [4.78, 5) is 47.6. The molecule has 0 rings (SSSR count). The molecule has 3 amide bonds. The summed E-state index contributed by atoms with van der Waals surface area (Å²) in [6.45, 7) is 5.10. The Kier molecular flexibility index (Phi) is 12.8. The third-order valence-electron chi connectivity index (χ3n) is 4.13. The minimum absolute atomic E-state index is 0.219. The lowest BCUT2D eigenvalue weighted by molar-refractivity contribution is -0.145. The van der Waals surface area contributed by atoms with Gasteiger partial charge in [0, 0.05) is 0 Å². The van der Waals surface area contributed by atoms with Gasteiger partial charge in [-0.15, -0.1) is 0 Å². The van der Waals surface area contributed by atoms with Crippen LogP contribution in [0, 0.1) is 5.92 Å². The smallest absolute Gasteiger partial charge is 0.328 e. The van der Waals surface area contributed by atoms with E-state index in [0.717, 1.165) is 0 Å². The zero-order valence-corrected chi connectivity index (χ0v) is 17.3. The second-order valence-electron chi connectivity index (χ2n) is 7.42. The number of carbonyl (C=O) groups excluding carboxylic acids is 3. The highest BCUT2D eigenvalue weighted by Crippen LogP contribution is 2.04. The van der Waals surface area contributed by atoms with Crippen LogP contribution in [-0.4, -0.2) is 71.2 Å². The van der Waals surface area contributed by atoms with Gasteiger partial charge in [-0.3, -0.25) is 14.4 Å². The number of carbonyl (C=O) groups is 4. The molecule has 29 heavy (non-hydrogen) atoms. The predicted octanol–water partition coefficient (Wildman–Crippen LogP) is -1.96. The topological polar surface area (TPSA) is 197 Å². The average molecular weight is 418 g/mol. The van der Waals surface area contributed by atoms with Gasteiger partial charge < -0.3 is 37.6 Å². The standard InChI is InChI=1S/C18H35N5O6/c1-10(2)8-12(20)16(26)21-9-14(25)22-13(6-4-5-7-19)17(27)23-15(11(3)24)18(28)29/h10-13,15,24H,4-9,19-20H2,1-3H3,(H,21,26)(H,22,25)(H,23,27)(H,28,29). The van der Waals surface area contributed by atoms with Crippen LogP contribution in [0.25, 0.3) is 0 Å². The second-order valence-corrected chi connectivity index (χ2v) is 7.42. The van der Waals surface area contributed by atoms with Crippen molar-refractivity contribution < 1.29 is 29.4 Å². The fraction of sp³-hybridized carbons (Fsp3) is 0.778. The van der Waals surface area contributed by atoms with Crippen molar-refractivity contribution in [2.45, 2.75) is 70.7 Å². The van der Waals surface area contributed by atoms with Crippen molar-refractivity contribution in [3.8, 4) is 0 Å². The number of nitrogens with two attached hydrogens (primary N) is 2. The SMILES string of the molecule is CC(C)CC(N)C(=O)NCC(=O)NC(CCCCN)C(=O)NC(C(=O)O)C(C)O. The van der Waals surface area contributed by atoms with Gasteiger partial charge in [-0.2, -0.15) is 0 Å². The molecule has 0 spiro atoms. The molecule has 4 atom stereocenters. The van der Waals surface area contributed by atoms with Crippen LogP contribution < -0.4 is 27.4 Å². The quantitative estimate of drug-likeness (QED) is 0.158. The lowest BCUT2D eigenvalue weighted by Gasteiger charge is -2.23. The Morgan fingerprint density at radius 2 is 1.62 bits per heavy atom. The molecule has 0 aromatic carbocycles. The third kappa shape index (κ3) is 11.4. The number of hydrogen-bond donors (Lipinski definition) is 7. The molecule has 0 aliphatic carbocycles. The van der Waals surface area contributed by atoms with Crippen LogP contribution >= 0.6 is 0 Å². The average Bonchev–Trinajstić information content (AvgIpc) is 2.61. The molecule has 11 nitrogen and oxygen atoms in total. The van der Waals surface area contributed by atoms with Crippen LogP contribution in [0.3, 0.4) is 0 Å². The summed E-state index contributed by atoms with van der Waals surface area (Å²) >= 11 is 0. The minimum Gasteiger partial charge on any atom is -0.480 e. The number of aliphatic carboxylic acids is 1. The molecule has 168 valence electrons. The van der Waals surface area contributed by atoms with Crippen LogP contribution in [0.5, 0.6) is 0 Å². The highest BCUT2D eigenvalue weighted by Gasteiger charge is 2.29. The van der Waals surface area contributed by atoms with Gasteiger partial charge in [0.15, 0.2) is 6.04 Å². The lowest BCUT2D eigenvalue weighted by Crippen LogP contribution is -2.56. The van der Waals surface area contributed by atoms with Crippen LogP contribution in [0.2, 0.25) is 0 Å². The van der Waals surface area contributed by atoms with E-state index in [-0.39, 0.29) is 18.9 Å². The molecule has 0 fully saturated rings. The molecule has 11 heteroatoms. The number of amides is 3. The molecule has 0 aliphatic heterocycles. The normalized spacial score (nSPS) is 15.1. The van der Waals surface area contributed by atoms with E-state index in [4.69, 9.17) is 16.6 Å². The summed E-state index contributed by atoms with van der Waals surface area (Å²) in [5.41, 5.74) is 11.2. The van der Waals surface area contributed by atoms with E-state index in [9.17, 15) is 24.3 Å². The van der Waals surface area contributed by atoms with E-state index < -0.39 is 47.9 Å².